The molecule has 1 rings (SSSR count). The van der Waals surface area contributed by atoms with E-state index in [1.807, 2.05) is 0 Å². The SMILES string of the molecule is CCN(CC(N)=S)C(=O)c1c(F)cccc1OC. The Morgan fingerprint density at radius 3 is 2.72 bits per heavy atom. The van der Waals surface area contributed by atoms with Crippen molar-refractivity contribution in [1.82, 2.24) is 4.90 Å². The number of hydrogen-bond acceptors (Lipinski definition) is 3. The Morgan fingerprint density at radius 2 is 2.22 bits per heavy atom. The summed E-state index contributed by atoms with van der Waals surface area (Å²) < 4.78 is 18.7. The van der Waals surface area contributed by atoms with Crippen LogP contribution in [0.15, 0.2) is 18.2 Å². The lowest BCUT2D eigenvalue weighted by Gasteiger charge is -2.21. The minimum atomic E-state index is -0.624. The smallest absolute Gasteiger partial charge is 0.260 e. The van der Waals surface area contributed by atoms with Gasteiger partial charge in [-0.1, -0.05) is 18.3 Å². The number of methoxy groups -OCH3 is 1. The van der Waals surface area contributed by atoms with Crippen LogP contribution < -0.4 is 10.5 Å². The van der Waals surface area contributed by atoms with Gasteiger partial charge in [0.15, 0.2) is 0 Å². The average Bonchev–Trinajstić information content (AvgIpc) is 2.34. The molecule has 0 bridgehead atoms. The van der Waals surface area contributed by atoms with Gasteiger partial charge in [-0.15, -0.1) is 0 Å². The second kappa shape index (κ2) is 6.30. The molecule has 2 N–H and O–H groups in total. The van der Waals surface area contributed by atoms with E-state index in [9.17, 15) is 9.18 Å². The molecule has 0 saturated carbocycles. The molecule has 0 saturated heterocycles. The van der Waals surface area contributed by atoms with Crippen LogP contribution in [0.25, 0.3) is 0 Å². The zero-order valence-corrected chi connectivity index (χ0v) is 11.1. The molecule has 1 aromatic carbocycles. The molecule has 18 heavy (non-hydrogen) atoms. The third kappa shape index (κ3) is 3.16. The van der Waals surface area contributed by atoms with Gasteiger partial charge in [0.05, 0.1) is 18.6 Å². The fourth-order valence-electron chi connectivity index (χ4n) is 1.56. The first-order chi connectivity index (χ1) is 8.51. The highest BCUT2D eigenvalue weighted by Crippen LogP contribution is 2.22. The standard InChI is InChI=1S/C12H15FN2O2S/c1-3-15(7-10(14)18)12(16)11-8(13)5-4-6-9(11)17-2/h4-6H,3,7H2,1-2H3,(H2,14,18). The fourth-order valence-corrected chi connectivity index (χ4v) is 1.71. The van der Waals surface area contributed by atoms with E-state index in [0.717, 1.165) is 0 Å². The highest BCUT2D eigenvalue weighted by Gasteiger charge is 2.22. The van der Waals surface area contributed by atoms with Gasteiger partial charge in [-0.05, 0) is 19.1 Å². The van der Waals surface area contributed by atoms with Gasteiger partial charge >= 0.3 is 0 Å². The van der Waals surface area contributed by atoms with Gasteiger partial charge in [0.2, 0.25) is 0 Å². The second-order valence-electron chi connectivity index (χ2n) is 3.60. The molecule has 0 radical (unpaired) electrons. The number of carbonyl (C=O) groups excluding carboxylic acids is 1. The maximum atomic E-state index is 13.7. The Morgan fingerprint density at radius 1 is 1.56 bits per heavy atom. The number of hydrogen-bond donors (Lipinski definition) is 1. The van der Waals surface area contributed by atoms with E-state index in [-0.39, 0.29) is 22.8 Å². The Bertz CT molecular complexity index is 465. The molecule has 0 aliphatic rings. The summed E-state index contributed by atoms with van der Waals surface area (Å²) in [6.45, 7) is 2.26. The predicted octanol–water partition coefficient (Wildman–Crippen LogP) is 1.58. The lowest BCUT2D eigenvalue weighted by atomic mass is 10.1. The molecule has 0 aliphatic heterocycles. The van der Waals surface area contributed by atoms with Crippen LogP contribution in [0.4, 0.5) is 4.39 Å². The van der Waals surface area contributed by atoms with E-state index < -0.39 is 11.7 Å². The van der Waals surface area contributed by atoms with Crippen LogP contribution in [0.5, 0.6) is 5.75 Å². The number of nitrogens with two attached hydrogens (primary N) is 1. The fraction of sp³-hybridized carbons (Fsp3) is 0.333. The molecule has 0 heterocycles. The van der Waals surface area contributed by atoms with Crippen molar-refractivity contribution in [2.24, 2.45) is 5.73 Å². The van der Waals surface area contributed by atoms with E-state index in [1.165, 1.54) is 30.2 Å². The number of amides is 1. The summed E-state index contributed by atoms with van der Waals surface area (Å²) >= 11 is 4.76. The number of ether oxygens (including phenoxy) is 1. The first-order valence-electron chi connectivity index (χ1n) is 5.41. The number of nitrogens with zero attached hydrogens (tertiary/aromatic N) is 1. The molecule has 0 spiro atoms. The monoisotopic (exact) mass is 270 g/mol. The first kappa shape index (κ1) is 14.4. The van der Waals surface area contributed by atoms with Gasteiger partial charge in [-0.2, -0.15) is 0 Å². The number of likely N-dealkylation sites (N-methyl/N-ethyl adjacent to an activating group) is 1. The lowest BCUT2D eigenvalue weighted by molar-refractivity contribution is 0.0779. The van der Waals surface area contributed by atoms with Crippen molar-refractivity contribution < 1.29 is 13.9 Å². The van der Waals surface area contributed by atoms with Gasteiger partial charge in [0.1, 0.15) is 17.1 Å². The lowest BCUT2D eigenvalue weighted by Crippen LogP contribution is -2.38. The summed E-state index contributed by atoms with van der Waals surface area (Å²) in [5.74, 6) is -0.914. The van der Waals surface area contributed by atoms with Gasteiger partial charge in [0, 0.05) is 6.54 Å². The maximum Gasteiger partial charge on any atom is 0.260 e. The molecule has 0 fully saturated rings. The van der Waals surface area contributed by atoms with Gasteiger partial charge in [0.25, 0.3) is 5.91 Å². The molecular formula is C12H15FN2O2S. The third-order valence-electron chi connectivity index (χ3n) is 2.42. The van der Waals surface area contributed by atoms with Crippen LogP contribution >= 0.6 is 12.2 Å². The molecule has 6 heteroatoms. The minimum absolute atomic E-state index is 0.0990. The zero-order valence-electron chi connectivity index (χ0n) is 10.3. The molecule has 0 unspecified atom stereocenters. The largest absolute Gasteiger partial charge is 0.496 e. The normalized spacial score (nSPS) is 9.94. The first-order valence-corrected chi connectivity index (χ1v) is 5.82. The highest BCUT2D eigenvalue weighted by molar-refractivity contribution is 7.80. The van der Waals surface area contributed by atoms with Crippen LogP contribution in [-0.4, -0.2) is 36.0 Å². The summed E-state index contributed by atoms with van der Waals surface area (Å²) in [4.78, 5) is 13.7. The van der Waals surface area contributed by atoms with Crippen LogP contribution in [-0.2, 0) is 0 Å². The quantitative estimate of drug-likeness (QED) is 0.825. The summed E-state index contributed by atoms with van der Waals surface area (Å²) in [5, 5.41) is 0. The second-order valence-corrected chi connectivity index (χ2v) is 4.13. The van der Waals surface area contributed by atoms with Crippen molar-refractivity contribution in [2.75, 3.05) is 20.2 Å². The topological polar surface area (TPSA) is 55.6 Å². The number of rotatable bonds is 5. The molecule has 1 amide bonds. The Balaban J connectivity index is 3.12. The van der Waals surface area contributed by atoms with E-state index >= 15 is 0 Å². The van der Waals surface area contributed by atoms with Crippen molar-refractivity contribution in [3.05, 3.63) is 29.6 Å². The number of halogens is 1. The molecule has 0 atom stereocenters. The van der Waals surface area contributed by atoms with Crippen molar-refractivity contribution in [3.63, 3.8) is 0 Å². The zero-order chi connectivity index (χ0) is 13.7. The van der Waals surface area contributed by atoms with Gasteiger partial charge in [-0.25, -0.2) is 4.39 Å². The molecule has 0 aromatic heterocycles. The molecule has 98 valence electrons. The van der Waals surface area contributed by atoms with E-state index in [0.29, 0.717) is 6.54 Å². The van der Waals surface area contributed by atoms with Gasteiger partial charge < -0.3 is 15.4 Å². The molecular weight excluding hydrogens is 255 g/mol. The van der Waals surface area contributed by atoms with Crippen molar-refractivity contribution in [3.8, 4) is 5.75 Å². The summed E-state index contributed by atoms with van der Waals surface area (Å²) in [7, 11) is 1.38. The molecule has 1 aromatic rings. The minimum Gasteiger partial charge on any atom is -0.496 e. The number of thiocarbonyl (C=S) groups is 1. The Hall–Kier alpha value is -1.69. The van der Waals surface area contributed by atoms with E-state index in [4.69, 9.17) is 22.7 Å². The van der Waals surface area contributed by atoms with E-state index in [1.54, 1.807) is 6.92 Å². The Kier molecular flexibility index (Phi) is 5.03. The average molecular weight is 270 g/mol. The van der Waals surface area contributed by atoms with Gasteiger partial charge in [-0.3, -0.25) is 4.79 Å². The van der Waals surface area contributed by atoms with Crippen LogP contribution in [0, 0.1) is 5.82 Å². The van der Waals surface area contributed by atoms with Crippen molar-refractivity contribution >= 4 is 23.1 Å². The maximum absolute atomic E-state index is 13.7. The van der Waals surface area contributed by atoms with Crippen LogP contribution in [0.2, 0.25) is 0 Å². The molecule has 4 nitrogen and oxygen atoms in total. The summed E-state index contributed by atoms with van der Waals surface area (Å²) in [6.07, 6.45) is 0. The van der Waals surface area contributed by atoms with Crippen LogP contribution in [0.3, 0.4) is 0 Å². The third-order valence-corrected chi connectivity index (χ3v) is 2.55. The van der Waals surface area contributed by atoms with Crippen LogP contribution in [0.1, 0.15) is 17.3 Å². The van der Waals surface area contributed by atoms with Crippen molar-refractivity contribution in [2.45, 2.75) is 6.92 Å². The highest BCUT2D eigenvalue weighted by atomic mass is 32.1. The van der Waals surface area contributed by atoms with Crippen molar-refractivity contribution in [1.29, 1.82) is 0 Å². The summed E-state index contributed by atoms with van der Waals surface area (Å²) in [5.41, 5.74) is 5.31. The number of carbonyl (C=O) groups is 1. The Labute approximate surface area is 111 Å². The van der Waals surface area contributed by atoms with E-state index in [2.05, 4.69) is 0 Å². The predicted molar refractivity (Wildman–Crippen MR) is 71.3 cm³/mol. The number of benzene rings is 1. The summed E-state index contributed by atoms with van der Waals surface area (Å²) in [6, 6.07) is 4.23. The molecule has 0 aliphatic carbocycles.